The van der Waals surface area contributed by atoms with E-state index in [-0.39, 0.29) is 11.4 Å². The Morgan fingerprint density at radius 1 is 1.00 bits per heavy atom. The van der Waals surface area contributed by atoms with Crippen molar-refractivity contribution in [2.24, 2.45) is 0 Å². The third kappa shape index (κ3) is 5.73. The topological polar surface area (TPSA) is 55.8 Å². The van der Waals surface area contributed by atoms with Crippen LogP contribution in [0.5, 0.6) is 11.5 Å². The van der Waals surface area contributed by atoms with Crippen molar-refractivity contribution in [3.8, 4) is 11.5 Å². The Hall–Kier alpha value is -1.97. The minimum Gasteiger partial charge on any atom is -0.493 e. The molecule has 180 valence electrons. The second-order valence-electron chi connectivity index (χ2n) is 7.37. The van der Waals surface area contributed by atoms with Crippen molar-refractivity contribution in [1.82, 2.24) is 4.90 Å². The molecule has 35 heavy (non-hydrogen) atoms. The Morgan fingerprint density at radius 2 is 1.69 bits per heavy atom. The molecular formula is C25H17Br2Cl2NO4S. The van der Waals surface area contributed by atoms with Gasteiger partial charge in [0.2, 0.25) is 0 Å². The zero-order valence-electron chi connectivity index (χ0n) is 18.2. The molecule has 0 aliphatic carbocycles. The molecule has 0 radical (unpaired) electrons. The molecule has 1 heterocycles. The van der Waals surface area contributed by atoms with Gasteiger partial charge in [-0.25, -0.2) is 0 Å². The van der Waals surface area contributed by atoms with Crippen molar-refractivity contribution < 1.29 is 19.1 Å². The van der Waals surface area contributed by atoms with Crippen LogP contribution in [0.15, 0.2) is 68.4 Å². The van der Waals surface area contributed by atoms with Gasteiger partial charge in [-0.2, -0.15) is 0 Å². The number of hydrogen-bond acceptors (Lipinski definition) is 5. The lowest BCUT2D eigenvalue weighted by molar-refractivity contribution is -0.123. The highest BCUT2D eigenvalue weighted by atomic mass is 79.9. The number of imide groups is 1. The molecule has 1 aliphatic rings. The summed E-state index contributed by atoms with van der Waals surface area (Å²) in [7, 11) is 1.54. The monoisotopic (exact) mass is 655 g/mol. The fraction of sp³-hybridized carbons (Fsp3) is 0.120. The zero-order valence-corrected chi connectivity index (χ0v) is 23.7. The molecule has 3 aromatic rings. The number of amides is 2. The lowest BCUT2D eigenvalue weighted by Crippen LogP contribution is -2.27. The summed E-state index contributed by atoms with van der Waals surface area (Å²) in [5.74, 6) is 0.563. The summed E-state index contributed by atoms with van der Waals surface area (Å²) in [6.45, 7) is 0.339. The van der Waals surface area contributed by atoms with Crippen molar-refractivity contribution in [3.63, 3.8) is 0 Å². The number of rotatable bonds is 7. The van der Waals surface area contributed by atoms with E-state index in [2.05, 4.69) is 31.9 Å². The molecule has 1 saturated heterocycles. The molecule has 0 atom stereocenters. The number of nitrogens with zero attached hydrogens (tertiary/aromatic N) is 1. The maximum absolute atomic E-state index is 13.1. The summed E-state index contributed by atoms with van der Waals surface area (Å²) < 4.78 is 12.8. The zero-order chi connectivity index (χ0) is 25.1. The highest BCUT2D eigenvalue weighted by Gasteiger charge is 2.36. The molecule has 0 aromatic heterocycles. The van der Waals surface area contributed by atoms with Crippen molar-refractivity contribution >= 4 is 84.0 Å². The Labute approximate surface area is 233 Å². The van der Waals surface area contributed by atoms with Gasteiger partial charge in [-0.3, -0.25) is 14.5 Å². The van der Waals surface area contributed by atoms with E-state index in [1.165, 1.54) is 7.11 Å². The van der Waals surface area contributed by atoms with Gasteiger partial charge in [-0.15, -0.1) is 0 Å². The van der Waals surface area contributed by atoms with Crippen LogP contribution < -0.4 is 9.47 Å². The van der Waals surface area contributed by atoms with Crippen LogP contribution in [0.2, 0.25) is 10.0 Å². The number of methoxy groups -OCH3 is 1. The van der Waals surface area contributed by atoms with Gasteiger partial charge in [0.1, 0.15) is 6.61 Å². The second-order valence-corrected chi connectivity index (χ2v) is 10.8. The molecule has 1 aliphatic heterocycles. The smallest absolute Gasteiger partial charge is 0.293 e. The number of thioether (sulfide) groups is 1. The van der Waals surface area contributed by atoms with Crippen LogP contribution in [0.4, 0.5) is 4.79 Å². The molecule has 3 aromatic carbocycles. The Bertz CT molecular complexity index is 1310. The molecule has 0 unspecified atom stereocenters. The maximum atomic E-state index is 13.1. The maximum Gasteiger partial charge on any atom is 0.293 e. The van der Waals surface area contributed by atoms with Crippen molar-refractivity contribution in [3.05, 3.63) is 95.2 Å². The average Bonchev–Trinajstić information content (AvgIpc) is 3.11. The standard InChI is InChI=1S/C25H17Br2Cl2NO4S/c1-33-19-10-15(21(26)22(27)23(19)34-13-14-6-3-2-4-7-14)11-20-24(31)30(25(32)35-20)12-16-17(28)8-5-9-18(16)29/h2-11H,12-13H2,1H3/b20-11-. The van der Waals surface area contributed by atoms with Gasteiger partial charge in [0.25, 0.3) is 11.1 Å². The quantitative estimate of drug-likeness (QED) is 0.239. The van der Waals surface area contributed by atoms with E-state index in [0.717, 1.165) is 22.2 Å². The summed E-state index contributed by atoms with van der Waals surface area (Å²) in [5.41, 5.74) is 2.17. The van der Waals surface area contributed by atoms with Crippen LogP contribution in [0.25, 0.3) is 6.08 Å². The minimum absolute atomic E-state index is 0.0129. The SMILES string of the molecule is COc1cc(/C=C2\SC(=O)N(Cc3c(Cl)cccc3Cl)C2=O)c(Br)c(Br)c1OCc1ccccc1. The van der Waals surface area contributed by atoms with E-state index in [9.17, 15) is 9.59 Å². The molecule has 0 bridgehead atoms. The number of hydrogen-bond donors (Lipinski definition) is 0. The number of halogens is 4. The summed E-state index contributed by atoms with van der Waals surface area (Å²) in [6.07, 6.45) is 1.64. The summed E-state index contributed by atoms with van der Waals surface area (Å²) >= 11 is 20.4. The van der Waals surface area contributed by atoms with E-state index in [0.29, 0.717) is 48.2 Å². The molecular weight excluding hydrogens is 641 g/mol. The molecule has 0 saturated carbocycles. The predicted octanol–water partition coefficient (Wildman–Crippen LogP) is 8.34. The molecule has 10 heteroatoms. The average molecular weight is 658 g/mol. The van der Waals surface area contributed by atoms with Gasteiger partial charge in [0, 0.05) is 20.1 Å². The Kier molecular flexibility index (Phi) is 8.50. The van der Waals surface area contributed by atoms with E-state index < -0.39 is 11.1 Å². The second kappa shape index (κ2) is 11.4. The normalized spacial score (nSPS) is 14.7. The molecule has 1 fully saturated rings. The van der Waals surface area contributed by atoms with Crippen LogP contribution in [0, 0.1) is 0 Å². The number of benzene rings is 3. The number of carbonyl (C=O) groups is 2. The molecule has 2 amide bonds. The lowest BCUT2D eigenvalue weighted by atomic mass is 10.1. The summed E-state index contributed by atoms with van der Waals surface area (Å²) in [4.78, 5) is 27.1. The van der Waals surface area contributed by atoms with Crippen molar-refractivity contribution in [2.75, 3.05) is 7.11 Å². The van der Waals surface area contributed by atoms with E-state index in [4.69, 9.17) is 32.7 Å². The van der Waals surface area contributed by atoms with Crippen LogP contribution in [0.1, 0.15) is 16.7 Å². The summed E-state index contributed by atoms with van der Waals surface area (Å²) in [6, 6.07) is 16.5. The van der Waals surface area contributed by atoms with E-state index in [1.54, 1.807) is 30.3 Å². The molecule has 4 rings (SSSR count). The highest BCUT2D eigenvalue weighted by Crippen LogP contribution is 2.45. The van der Waals surface area contributed by atoms with Gasteiger partial charge in [-0.1, -0.05) is 59.6 Å². The van der Waals surface area contributed by atoms with Crippen molar-refractivity contribution in [1.29, 1.82) is 0 Å². The Balaban J connectivity index is 1.61. The van der Waals surface area contributed by atoms with Crippen molar-refractivity contribution in [2.45, 2.75) is 13.2 Å². The highest BCUT2D eigenvalue weighted by molar-refractivity contribution is 9.13. The molecule has 0 N–H and O–H groups in total. The van der Waals surface area contributed by atoms with Gasteiger partial charge >= 0.3 is 0 Å². The summed E-state index contributed by atoms with van der Waals surface area (Å²) in [5, 5.41) is 0.383. The molecule has 0 spiro atoms. The first-order valence-corrected chi connectivity index (χ1v) is 13.4. The first-order valence-electron chi connectivity index (χ1n) is 10.2. The van der Waals surface area contributed by atoms with E-state index >= 15 is 0 Å². The first-order chi connectivity index (χ1) is 16.8. The first kappa shape index (κ1) is 26.1. The fourth-order valence-electron chi connectivity index (χ4n) is 3.34. The number of carbonyl (C=O) groups excluding carboxylic acids is 2. The van der Waals surface area contributed by atoms with Crippen LogP contribution in [-0.2, 0) is 17.9 Å². The van der Waals surface area contributed by atoms with Crippen LogP contribution in [0.3, 0.4) is 0 Å². The van der Waals surface area contributed by atoms with Gasteiger partial charge < -0.3 is 9.47 Å². The van der Waals surface area contributed by atoms with Gasteiger partial charge in [-0.05, 0) is 79.0 Å². The largest absolute Gasteiger partial charge is 0.493 e. The van der Waals surface area contributed by atoms with Gasteiger partial charge in [0.15, 0.2) is 11.5 Å². The fourth-order valence-corrected chi connectivity index (χ4v) is 5.64. The molecule has 5 nitrogen and oxygen atoms in total. The third-order valence-electron chi connectivity index (χ3n) is 5.14. The Morgan fingerprint density at radius 3 is 2.34 bits per heavy atom. The van der Waals surface area contributed by atoms with E-state index in [1.807, 2.05) is 30.3 Å². The number of ether oxygens (including phenoxy) is 2. The third-order valence-corrected chi connectivity index (χ3v) is 8.90. The van der Waals surface area contributed by atoms with Crippen LogP contribution in [-0.4, -0.2) is 23.2 Å². The predicted molar refractivity (Wildman–Crippen MR) is 147 cm³/mol. The van der Waals surface area contributed by atoms with Gasteiger partial charge in [0.05, 0.1) is 23.0 Å². The lowest BCUT2D eigenvalue weighted by Gasteiger charge is -2.16. The van der Waals surface area contributed by atoms with Crippen LogP contribution >= 0.6 is 66.8 Å². The minimum atomic E-state index is -0.428.